The number of aromatic carboxylic acids is 1. The van der Waals surface area contributed by atoms with Crippen LogP contribution < -0.4 is 5.32 Å². The summed E-state index contributed by atoms with van der Waals surface area (Å²) in [4.78, 5) is 36.8. The Labute approximate surface area is 160 Å². The van der Waals surface area contributed by atoms with Crippen molar-refractivity contribution in [2.24, 2.45) is 0 Å². The van der Waals surface area contributed by atoms with Crippen LogP contribution in [0.1, 0.15) is 27.3 Å². The highest BCUT2D eigenvalue weighted by Crippen LogP contribution is 2.24. The number of hydrogen-bond acceptors (Lipinski definition) is 4. The minimum absolute atomic E-state index is 0.00701. The summed E-state index contributed by atoms with van der Waals surface area (Å²) in [6, 6.07) is 8.35. The maximum atomic E-state index is 12.4. The van der Waals surface area contributed by atoms with E-state index in [-0.39, 0.29) is 16.2 Å². The molecule has 0 atom stereocenters. The summed E-state index contributed by atoms with van der Waals surface area (Å²) in [5.74, 6) is -1.98. The van der Waals surface area contributed by atoms with Gasteiger partial charge < -0.3 is 9.67 Å². The number of likely N-dealkylation sites (N-methyl/N-ethyl adjacent to an activating group) is 1. The number of rotatable bonds is 3. The van der Waals surface area contributed by atoms with E-state index in [9.17, 15) is 14.4 Å². The molecular formula is C19H17N3O4S. The van der Waals surface area contributed by atoms with E-state index in [4.69, 9.17) is 17.3 Å². The summed E-state index contributed by atoms with van der Waals surface area (Å²) in [7, 11) is 1.51. The van der Waals surface area contributed by atoms with Gasteiger partial charge in [0.25, 0.3) is 11.8 Å². The van der Waals surface area contributed by atoms with E-state index in [2.05, 4.69) is 5.32 Å². The van der Waals surface area contributed by atoms with Crippen LogP contribution in [0.3, 0.4) is 0 Å². The molecule has 2 heterocycles. The number of hydrogen-bond donors (Lipinski definition) is 2. The van der Waals surface area contributed by atoms with Gasteiger partial charge in [0.15, 0.2) is 5.11 Å². The van der Waals surface area contributed by atoms with Crippen LogP contribution in [0, 0.1) is 13.8 Å². The molecule has 2 aromatic rings. The van der Waals surface area contributed by atoms with E-state index < -0.39 is 17.8 Å². The Balaban J connectivity index is 2.03. The van der Waals surface area contributed by atoms with Crippen LogP contribution in [0.2, 0.25) is 0 Å². The van der Waals surface area contributed by atoms with Gasteiger partial charge in [-0.05, 0) is 68.0 Å². The summed E-state index contributed by atoms with van der Waals surface area (Å²) in [6.45, 7) is 3.76. The number of amides is 2. The minimum Gasteiger partial charge on any atom is -0.478 e. The summed E-state index contributed by atoms with van der Waals surface area (Å²) >= 11 is 4.94. The predicted molar refractivity (Wildman–Crippen MR) is 104 cm³/mol. The highest BCUT2D eigenvalue weighted by molar-refractivity contribution is 7.80. The second-order valence-corrected chi connectivity index (χ2v) is 6.58. The number of benzene rings is 1. The van der Waals surface area contributed by atoms with E-state index in [0.717, 1.165) is 22.6 Å². The van der Waals surface area contributed by atoms with Gasteiger partial charge in [0, 0.05) is 24.1 Å². The number of nitrogens with zero attached hydrogens (tertiary/aromatic N) is 2. The van der Waals surface area contributed by atoms with Gasteiger partial charge in [0.2, 0.25) is 0 Å². The highest BCUT2D eigenvalue weighted by Gasteiger charge is 2.31. The predicted octanol–water partition coefficient (Wildman–Crippen LogP) is 2.05. The fourth-order valence-corrected chi connectivity index (χ4v) is 3.16. The van der Waals surface area contributed by atoms with Crippen LogP contribution in [-0.4, -0.2) is 44.5 Å². The van der Waals surface area contributed by atoms with Crippen molar-refractivity contribution in [1.29, 1.82) is 0 Å². The van der Waals surface area contributed by atoms with E-state index in [0.29, 0.717) is 0 Å². The minimum atomic E-state index is -0.989. The van der Waals surface area contributed by atoms with Crippen LogP contribution in [0.25, 0.3) is 11.8 Å². The maximum absolute atomic E-state index is 12.4. The van der Waals surface area contributed by atoms with Gasteiger partial charge in [-0.1, -0.05) is 0 Å². The zero-order chi connectivity index (χ0) is 19.9. The second kappa shape index (κ2) is 6.81. The first kappa shape index (κ1) is 18.5. The van der Waals surface area contributed by atoms with Gasteiger partial charge >= 0.3 is 5.97 Å². The van der Waals surface area contributed by atoms with Gasteiger partial charge in [-0.15, -0.1) is 0 Å². The third-order valence-corrected chi connectivity index (χ3v) is 4.82. The van der Waals surface area contributed by atoms with E-state index in [1.165, 1.54) is 24.1 Å². The molecule has 1 aliphatic rings. The SMILES string of the molecule is Cc1cc(/C=C2\C(=O)NC(=S)N(C)C2=O)c(C)n1-c1ccc(C(=O)O)cc1. The molecule has 2 N–H and O–H groups in total. The molecule has 1 aliphatic heterocycles. The molecule has 1 aromatic carbocycles. The molecule has 0 aliphatic carbocycles. The Kier molecular flexibility index (Phi) is 4.67. The molecule has 0 unspecified atom stereocenters. The number of carbonyl (C=O) groups is 3. The van der Waals surface area contributed by atoms with Gasteiger partial charge in [0.1, 0.15) is 5.57 Å². The number of thiocarbonyl (C=S) groups is 1. The van der Waals surface area contributed by atoms with E-state index in [1.807, 2.05) is 24.5 Å². The number of carboxylic acid groups (broad SMARTS) is 1. The van der Waals surface area contributed by atoms with Crippen molar-refractivity contribution in [3.8, 4) is 5.69 Å². The second-order valence-electron chi connectivity index (χ2n) is 6.20. The summed E-state index contributed by atoms with van der Waals surface area (Å²) in [5.41, 5.74) is 3.42. The first-order chi connectivity index (χ1) is 12.7. The number of nitrogens with one attached hydrogen (secondary N) is 1. The van der Waals surface area contributed by atoms with E-state index >= 15 is 0 Å². The largest absolute Gasteiger partial charge is 0.478 e. The lowest BCUT2D eigenvalue weighted by Gasteiger charge is -2.25. The van der Waals surface area contributed by atoms with Gasteiger partial charge in [-0.25, -0.2) is 4.79 Å². The zero-order valence-corrected chi connectivity index (χ0v) is 15.8. The van der Waals surface area contributed by atoms with Crippen molar-refractivity contribution in [3.63, 3.8) is 0 Å². The fraction of sp³-hybridized carbons (Fsp3) is 0.158. The quantitative estimate of drug-likeness (QED) is 0.481. The molecule has 7 nitrogen and oxygen atoms in total. The monoisotopic (exact) mass is 383 g/mol. The van der Waals surface area contributed by atoms with Crippen molar-refractivity contribution in [3.05, 3.63) is 58.4 Å². The molecule has 1 fully saturated rings. The molecule has 138 valence electrons. The molecule has 1 saturated heterocycles. The molecule has 0 spiro atoms. The maximum Gasteiger partial charge on any atom is 0.335 e. The summed E-state index contributed by atoms with van der Waals surface area (Å²) in [5, 5.41) is 11.6. The Morgan fingerprint density at radius 2 is 1.81 bits per heavy atom. The Morgan fingerprint density at radius 3 is 2.41 bits per heavy atom. The molecule has 0 bridgehead atoms. The molecule has 27 heavy (non-hydrogen) atoms. The molecule has 0 saturated carbocycles. The molecule has 8 heteroatoms. The molecule has 2 amide bonds. The van der Waals surface area contributed by atoms with Gasteiger partial charge in [-0.2, -0.15) is 0 Å². The zero-order valence-electron chi connectivity index (χ0n) is 14.9. The molecule has 3 rings (SSSR count). The smallest absolute Gasteiger partial charge is 0.335 e. The van der Waals surface area contributed by atoms with Crippen molar-refractivity contribution < 1.29 is 19.5 Å². The number of aromatic nitrogens is 1. The molecule has 0 radical (unpaired) electrons. The van der Waals surface area contributed by atoms with Crippen LogP contribution in [0.15, 0.2) is 35.9 Å². The standard InChI is InChI=1S/C19H17N3O4S/c1-10-8-13(9-15-16(23)20-19(27)21(3)17(15)24)11(2)22(10)14-6-4-12(5-7-14)18(25)26/h4-9H,1-3H3,(H,25,26)(H,20,23,27)/b15-9+. The topological polar surface area (TPSA) is 91.6 Å². The van der Waals surface area contributed by atoms with Crippen LogP contribution >= 0.6 is 12.2 Å². The first-order valence-corrected chi connectivity index (χ1v) is 8.49. The normalized spacial score (nSPS) is 16.0. The van der Waals surface area contributed by atoms with Crippen LogP contribution in [0.4, 0.5) is 0 Å². The first-order valence-electron chi connectivity index (χ1n) is 8.08. The lowest BCUT2D eigenvalue weighted by Crippen LogP contribution is -2.52. The number of aryl methyl sites for hydroxylation is 1. The number of carbonyl (C=O) groups excluding carboxylic acids is 2. The van der Waals surface area contributed by atoms with E-state index in [1.54, 1.807) is 18.2 Å². The lowest BCUT2D eigenvalue weighted by molar-refractivity contribution is -0.128. The van der Waals surface area contributed by atoms with Crippen LogP contribution in [-0.2, 0) is 9.59 Å². The third kappa shape index (κ3) is 3.26. The highest BCUT2D eigenvalue weighted by atomic mass is 32.1. The number of carboxylic acids is 1. The third-order valence-electron chi connectivity index (χ3n) is 4.45. The van der Waals surface area contributed by atoms with Crippen LogP contribution in [0.5, 0.6) is 0 Å². The van der Waals surface area contributed by atoms with Crippen molar-refractivity contribution in [1.82, 2.24) is 14.8 Å². The Hall–Kier alpha value is -3.26. The van der Waals surface area contributed by atoms with Gasteiger partial charge in [0.05, 0.1) is 5.56 Å². The average molecular weight is 383 g/mol. The fourth-order valence-electron chi connectivity index (χ4n) is 2.99. The summed E-state index contributed by atoms with van der Waals surface area (Å²) in [6.07, 6.45) is 1.54. The Morgan fingerprint density at radius 1 is 1.19 bits per heavy atom. The van der Waals surface area contributed by atoms with Crippen molar-refractivity contribution >= 4 is 41.2 Å². The Bertz CT molecular complexity index is 1020. The molecular weight excluding hydrogens is 366 g/mol. The van der Waals surface area contributed by atoms with Crippen molar-refractivity contribution in [2.75, 3.05) is 7.05 Å². The van der Waals surface area contributed by atoms with Crippen molar-refractivity contribution in [2.45, 2.75) is 13.8 Å². The average Bonchev–Trinajstić information content (AvgIpc) is 2.90. The summed E-state index contributed by atoms with van der Waals surface area (Å²) < 4.78 is 1.93. The lowest BCUT2D eigenvalue weighted by atomic mass is 10.1. The van der Waals surface area contributed by atoms with Gasteiger partial charge in [-0.3, -0.25) is 19.8 Å². The molecule has 1 aromatic heterocycles.